The Morgan fingerprint density at radius 1 is 1.21 bits per heavy atom. The Morgan fingerprint density at radius 3 is 2.71 bits per heavy atom. The molecule has 9 nitrogen and oxygen atoms in total. The quantitative estimate of drug-likeness (QED) is 0.401. The van der Waals surface area contributed by atoms with Crippen LogP contribution in [0.15, 0.2) is 48.9 Å². The monoisotopic (exact) mass is 488 g/mol. The summed E-state index contributed by atoms with van der Waals surface area (Å²) in [6.45, 7) is 3.15. The second kappa shape index (κ2) is 12.0. The molecule has 0 unspecified atom stereocenters. The van der Waals surface area contributed by atoms with E-state index < -0.39 is 5.95 Å². The molecule has 0 aliphatic heterocycles. The molecule has 0 atom stereocenters. The number of amides is 2. The number of pyridine rings is 1. The Bertz CT molecular complexity index is 1120. The standard InChI is InChI=1S/C23H26ClFN6O3/c1-16-3-5-19(6-4-16)34-10-9-30(2)22(33)15-31-14-18(13-28-31)29-21(32)7-8-26-17-11-20(24)23(25)27-12-17/h3-6,11-14,26H,7-10,15H2,1-2H3,(H,29,32). The van der Waals surface area contributed by atoms with Crippen molar-refractivity contribution in [1.29, 1.82) is 0 Å². The molecule has 11 heteroatoms. The van der Waals surface area contributed by atoms with Crippen molar-refractivity contribution < 1.29 is 18.7 Å². The summed E-state index contributed by atoms with van der Waals surface area (Å²) >= 11 is 5.68. The number of benzene rings is 1. The normalized spacial score (nSPS) is 10.6. The first-order valence-electron chi connectivity index (χ1n) is 10.6. The van der Waals surface area contributed by atoms with E-state index in [2.05, 4.69) is 20.7 Å². The highest BCUT2D eigenvalue weighted by molar-refractivity contribution is 6.30. The molecule has 3 rings (SSSR count). The van der Waals surface area contributed by atoms with E-state index in [1.165, 1.54) is 23.1 Å². The average Bonchev–Trinajstić information content (AvgIpc) is 3.23. The molecule has 34 heavy (non-hydrogen) atoms. The van der Waals surface area contributed by atoms with Crippen LogP contribution in [0.5, 0.6) is 5.75 Å². The second-order valence-corrected chi connectivity index (χ2v) is 8.03. The van der Waals surface area contributed by atoms with E-state index in [9.17, 15) is 14.0 Å². The van der Waals surface area contributed by atoms with Crippen LogP contribution in [0, 0.1) is 12.9 Å². The highest BCUT2D eigenvalue weighted by Crippen LogP contribution is 2.17. The molecule has 0 saturated heterocycles. The van der Waals surface area contributed by atoms with Crippen LogP contribution in [0.4, 0.5) is 15.8 Å². The van der Waals surface area contributed by atoms with Gasteiger partial charge in [-0.25, -0.2) is 4.98 Å². The van der Waals surface area contributed by atoms with Gasteiger partial charge in [0.15, 0.2) is 0 Å². The van der Waals surface area contributed by atoms with E-state index in [-0.39, 0.29) is 29.8 Å². The summed E-state index contributed by atoms with van der Waals surface area (Å²) in [5, 5.41) is 9.69. The Balaban J connectivity index is 1.37. The van der Waals surface area contributed by atoms with Gasteiger partial charge in [-0.3, -0.25) is 14.3 Å². The molecule has 0 spiro atoms. The minimum Gasteiger partial charge on any atom is -0.492 e. The fourth-order valence-electron chi connectivity index (χ4n) is 2.90. The Hall–Kier alpha value is -3.66. The molecule has 1 aromatic carbocycles. The lowest BCUT2D eigenvalue weighted by Gasteiger charge is -2.17. The lowest BCUT2D eigenvalue weighted by molar-refractivity contribution is -0.131. The minimum atomic E-state index is -0.748. The number of rotatable bonds is 11. The number of nitrogens with one attached hydrogen (secondary N) is 2. The molecule has 2 N–H and O–H groups in total. The van der Waals surface area contributed by atoms with Crippen LogP contribution in [0.3, 0.4) is 0 Å². The third-order valence-electron chi connectivity index (χ3n) is 4.83. The fraction of sp³-hybridized carbons (Fsp3) is 0.304. The van der Waals surface area contributed by atoms with Crippen LogP contribution >= 0.6 is 11.6 Å². The molecule has 0 bridgehead atoms. The number of carbonyl (C=O) groups is 2. The number of likely N-dealkylation sites (N-methyl/N-ethyl adjacent to an activating group) is 1. The predicted octanol–water partition coefficient (Wildman–Crippen LogP) is 3.36. The number of aromatic nitrogens is 3. The first kappa shape index (κ1) is 25.0. The van der Waals surface area contributed by atoms with Crippen LogP contribution in [-0.2, 0) is 16.1 Å². The number of halogens is 2. The van der Waals surface area contributed by atoms with E-state index in [1.54, 1.807) is 18.1 Å². The van der Waals surface area contributed by atoms with Crippen LogP contribution < -0.4 is 15.4 Å². The van der Waals surface area contributed by atoms with Crippen LogP contribution in [0.25, 0.3) is 0 Å². The first-order chi connectivity index (χ1) is 16.3. The highest BCUT2D eigenvalue weighted by Gasteiger charge is 2.12. The van der Waals surface area contributed by atoms with Crippen LogP contribution in [-0.4, -0.2) is 58.2 Å². The Kier molecular flexibility index (Phi) is 8.80. The molecule has 3 aromatic rings. The zero-order valence-corrected chi connectivity index (χ0v) is 19.7. The summed E-state index contributed by atoms with van der Waals surface area (Å²) < 4.78 is 20.2. The zero-order valence-electron chi connectivity index (χ0n) is 18.9. The van der Waals surface area contributed by atoms with Crippen molar-refractivity contribution in [3.05, 3.63) is 65.5 Å². The smallest absolute Gasteiger partial charge is 0.244 e. The van der Waals surface area contributed by atoms with Crippen molar-refractivity contribution in [1.82, 2.24) is 19.7 Å². The van der Waals surface area contributed by atoms with E-state index >= 15 is 0 Å². The summed E-state index contributed by atoms with van der Waals surface area (Å²) in [6, 6.07) is 9.11. The van der Waals surface area contributed by atoms with Gasteiger partial charge in [0.1, 0.15) is 18.9 Å². The maximum Gasteiger partial charge on any atom is 0.244 e. The predicted molar refractivity (Wildman–Crippen MR) is 127 cm³/mol. The molecule has 0 aliphatic carbocycles. The number of hydrogen-bond acceptors (Lipinski definition) is 6. The average molecular weight is 489 g/mol. The van der Waals surface area contributed by atoms with Gasteiger partial charge in [-0.05, 0) is 25.1 Å². The molecule has 0 aliphatic rings. The van der Waals surface area contributed by atoms with Crippen molar-refractivity contribution in [2.75, 3.05) is 37.4 Å². The molecule has 2 aromatic heterocycles. The van der Waals surface area contributed by atoms with Crippen LogP contribution in [0.1, 0.15) is 12.0 Å². The van der Waals surface area contributed by atoms with Crippen LogP contribution in [0.2, 0.25) is 5.02 Å². The van der Waals surface area contributed by atoms with E-state index in [1.807, 2.05) is 31.2 Å². The van der Waals surface area contributed by atoms with Crippen molar-refractivity contribution in [2.45, 2.75) is 19.9 Å². The summed E-state index contributed by atoms with van der Waals surface area (Å²) in [5.41, 5.74) is 2.15. The first-order valence-corrected chi connectivity index (χ1v) is 11.0. The molecular formula is C23H26ClFN6O3. The number of ether oxygens (including phenoxy) is 1. The number of hydrogen-bond donors (Lipinski definition) is 2. The lowest BCUT2D eigenvalue weighted by Crippen LogP contribution is -2.33. The topological polar surface area (TPSA) is 101 Å². The molecule has 0 radical (unpaired) electrons. The van der Waals surface area contributed by atoms with Crippen molar-refractivity contribution in [3.63, 3.8) is 0 Å². The van der Waals surface area contributed by atoms with Crippen molar-refractivity contribution >= 4 is 34.8 Å². The zero-order chi connectivity index (χ0) is 24.5. The van der Waals surface area contributed by atoms with Gasteiger partial charge < -0.3 is 20.3 Å². The molecule has 180 valence electrons. The van der Waals surface area contributed by atoms with Gasteiger partial charge in [-0.1, -0.05) is 29.3 Å². The van der Waals surface area contributed by atoms with Gasteiger partial charge in [0, 0.05) is 26.2 Å². The number of carbonyl (C=O) groups excluding carboxylic acids is 2. The summed E-state index contributed by atoms with van der Waals surface area (Å²) in [5.74, 6) is -0.372. The summed E-state index contributed by atoms with van der Waals surface area (Å²) in [4.78, 5) is 29.6. The maximum atomic E-state index is 13.1. The third-order valence-corrected chi connectivity index (χ3v) is 5.10. The molecular weight excluding hydrogens is 463 g/mol. The van der Waals surface area contributed by atoms with Gasteiger partial charge >= 0.3 is 0 Å². The van der Waals surface area contributed by atoms with Gasteiger partial charge in [0.05, 0.1) is 35.3 Å². The maximum absolute atomic E-state index is 13.1. The Labute approximate surface area is 201 Å². The molecule has 0 fully saturated rings. The summed E-state index contributed by atoms with van der Waals surface area (Å²) in [7, 11) is 1.70. The van der Waals surface area contributed by atoms with Gasteiger partial charge in [-0.2, -0.15) is 9.49 Å². The second-order valence-electron chi connectivity index (χ2n) is 7.62. The lowest BCUT2D eigenvalue weighted by atomic mass is 10.2. The molecule has 2 heterocycles. The van der Waals surface area contributed by atoms with E-state index in [4.69, 9.17) is 16.3 Å². The van der Waals surface area contributed by atoms with Gasteiger partial charge in [-0.15, -0.1) is 0 Å². The number of aryl methyl sites for hydroxylation is 1. The highest BCUT2D eigenvalue weighted by atomic mass is 35.5. The van der Waals surface area contributed by atoms with E-state index in [0.717, 1.165) is 11.3 Å². The van der Waals surface area contributed by atoms with Gasteiger partial charge in [0.2, 0.25) is 17.8 Å². The minimum absolute atomic E-state index is 0.0385. The van der Waals surface area contributed by atoms with Crippen molar-refractivity contribution in [2.24, 2.45) is 0 Å². The van der Waals surface area contributed by atoms with Gasteiger partial charge in [0.25, 0.3) is 0 Å². The van der Waals surface area contributed by atoms with E-state index in [0.29, 0.717) is 31.1 Å². The molecule has 2 amide bonds. The fourth-order valence-corrected chi connectivity index (χ4v) is 3.06. The largest absolute Gasteiger partial charge is 0.492 e. The SMILES string of the molecule is Cc1ccc(OCCN(C)C(=O)Cn2cc(NC(=O)CCNc3cnc(F)c(Cl)c3)cn2)cc1. The number of anilines is 2. The number of nitrogens with zero attached hydrogens (tertiary/aromatic N) is 4. The Morgan fingerprint density at radius 2 is 1.97 bits per heavy atom. The molecule has 0 saturated carbocycles. The van der Waals surface area contributed by atoms with Crippen molar-refractivity contribution in [3.8, 4) is 5.75 Å². The summed E-state index contributed by atoms with van der Waals surface area (Å²) in [6.07, 6.45) is 4.51. The third kappa shape index (κ3) is 7.73.